The molecule has 0 N–H and O–H groups in total. The summed E-state index contributed by atoms with van der Waals surface area (Å²) in [6.07, 6.45) is 1.93. The monoisotopic (exact) mass is 375 g/mol. The summed E-state index contributed by atoms with van der Waals surface area (Å²) in [5.74, 6) is 0.0393. The number of thioether (sulfide) groups is 1. The first-order valence-electron chi connectivity index (χ1n) is 7.34. The topological polar surface area (TPSA) is 92.2 Å². The zero-order valence-electron chi connectivity index (χ0n) is 13.1. The second-order valence-electron chi connectivity index (χ2n) is 4.92. The van der Waals surface area contributed by atoms with E-state index in [2.05, 4.69) is 10.2 Å². The van der Waals surface area contributed by atoms with Crippen LogP contribution in [-0.2, 0) is 11.2 Å². The highest BCUT2D eigenvalue weighted by molar-refractivity contribution is 8.03. The van der Waals surface area contributed by atoms with Crippen molar-refractivity contribution >= 4 is 35.4 Å². The maximum absolute atomic E-state index is 11.4. The summed E-state index contributed by atoms with van der Waals surface area (Å²) in [5.41, 5.74) is 0.830. The molecule has 0 aliphatic carbocycles. The molecule has 2 heterocycles. The predicted molar refractivity (Wildman–Crippen MR) is 91.7 cm³/mol. The summed E-state index contributed by atoms with van der Waals surface area (Å²) in [6.45, 7) is 1.86. The minimum absolute atomic E-state index is 0.0942. The normalized spacial score (nSPS) is 11.7. The molecule has 0 saturated carbocycles. The van der Waals surface area contributed by atoms with Gasteiger partial charge in [-0.1, -0.05) is 18.5 Å². The summed E-state index contributed by atoms with van der Waals surface area (Å²) in [5, 5.41) is 19.7. The number of aliphatic carboxylic acids is 1. The SMILES string of the molecule is CCc1nnc(S/C(=C/c2ccc(-c3ccc(Cl)cc3)o2)C(=O)[O-])o1. The number of benzene rings is 1. The number of nitrogens with zero attached hydrogens (tertiary/aromatic N) is 2. The molecule has 2 aromatic heterocycles. The van der Waals surface area contributed by atoms with Crippen LogP contribution in [0.1, 0.15) is 18.6 Å². The fourth-order valence-electron chi connectivity index (χ4n) is 1.98. The number of carboxylic acids is 1. The number of aryl methyl sites for hydroxylation is 1. The fraction of sp³-hybridized carbons (Fsp3) is 0.118. The number of carbonyl (C=O) groups is 1. The van der Waals surface area contributed by atoms with Crippen molar-refractivity contribution < 1.29 is 18.7 Å². The Bertz CT molecular complexity index is 915. The molecule has 0 spiro atoms. The van der Waals surface area contributed by atoms with Crippen LogP contribution in [-0.4, -0.2) is 16.2 Å². The Morgan fingerprint density at radius 1 is 1.20 bits per heavy atom. The molecule has 0 saturated heterocycles. The van der Waals surface area contributed by atoms with Gasteiger partial charge >= 0.3 is 0 Å². The quantitative estimate of drug-likeness (QED) is 0.481. The molecule has 1 aromatic carbocycles. The van der Waals surface area contributed by atoms with Crippen LogP contribution < -0.4 is 5.11 Å². The average molecular weight is 376 g/mol. The number of halogens is 1. The Labute approximate surface area is 152 Å². The van der Waals surface area contributed by atoms with Crippen LogP contribution >= 0.6 is 23.4 Å². The van der Waals surface area contributed by atoms with E-state index in [0.29, 0.717) is 28.9 Å². The van der Waals surface area contributed by atoms with Crippen LogP contribution in [0.25, 0.3) is 17.4 Å². The molecule has 128 valence electrons. The van der Waals surface area contributed by atoms with Gasteiger partial charge in [0.1, 0.15) is 11.5 Å². The Hall–Kier alpha value is -2.51. The van der Waals surface area contributed by atoms with E-state index in [1.54, 1.807) is 24.3 Å². The van der Waals surface area contributed by atoms with Crippen LogP contribution in [0.3, 0.4) is 0 Å². The van der Waals surface area contributed by atoms with Gasteiger partial charge in [-0.05, 0) is 54.2 Å². The smallest absolute Gasteiger partial charge is 0.281 e. The summed E-state index contributed by atoms with van der Waals surface area (Å²) < 4.78 is 11.0. The first-order chi connectivity index (χ1) is 12.0. The number of hydrogen-bond donors (Lipinski definition) is 0. The largest absolute Gasteiger partial charge is 0.544 e. The first-order valence-corrected chi connectivity index (χ1v) is 8.53. The van der Waals surface area contributed by atoms with Crippen molar-refractivity contribution in [3.63, 3.8) is 0 Å². The Morgan fingerprint density at radius 3 is 2.60 bits per heavy atom. The lowest BCUT2D eigenvalue weighted by molar-refractivity contribution is -0.298. The second kappa shape index (κ2) is 7.58. The van der Waals surface area contributed by atoms with E-state index in [0.717, 1.165) is 17.3 Å². The van der Waals surface area contributed by atoms with E-state index in [-0.39, 0.29) is 10.1 Å². The van der Waals surface area contributed by atoms with Crippen molar-refractivity contribution in [3.05, 3.63) is 58.0 Å². The molecular formula is C17H12ClN2O4S-. The minimum atomic E-state index is -1.36. The summed E-state index contributed by atoms with van der Waals surface area (Å²) in [4.78, 5) is 11.3. The molecule has 0 aliphatic heterocycles. The molecule has 0 unspecified atom stereocenters. The molecule has 0 fully saturated rings. The number of hydrogen-bond acceptors (Lipinski definition) is 7. The third-order valence-corrected chi connectivity index (χ3v) is 4.27. The highest BCUT2D eigenvalue weighted by atomic mass is 35.5. The van der Waals surface area contributed by atoms with E-state index in [1.807, 2.05) is 19.1 Å². The second-order valence-corrected chi connectivity index (χ2v) is 6.35. The third-order valence-electron chi connectivity index (χ3n) is 3.18. The number of furan rings is 1. The number of carbonyl (C=O) groups excluding carboxylic acids is 1. The van der Waals surface area contributed by atoms with E-state index < -0.39 is 5.97 Å². The highest BCUT2D eigenvalue weighted by Crippen LogP contribution is 2.29. The standard InChI is InChI=1S/C17H13ClN2O4S/c1-2-15-19-20-17(24-15)25-14(16(21)22)9-12-7-8-13(23-12)10-3-5-11(18)6-4-10/h3-9H,2H2,1H3,(H,21,22)/p-1/b14-9+. The maximum atomic E-state index is 11.4. The number of carboxylic acid groups (broad SMARTS) is 1. The van der Waals surface area contributed by atoms with E-state index in [4.69, 9.17) is 20.4 Å². The summed E-state index contributed by atoms with van der Waals surface area (Å²) in [6, 6.07) is 10.5. The molecule has 3 rings (SSSR count). The van der Waals surface area contributed by atoms with Crippen LogP contribution in [0.2, 0.25) is 5.02 Å². The average Bonchev–Trinajstić information content (AvgIpc) is 3.24. The van der Waals surface area contributed by atoms with Gasteiger partial charge in [-0.15, -0.1) is 10.2 Å². The van der Waals surface area contributed by atoms with Gasteiger partial charge in [0.25, 0.3) is 5.22 Å². The van der Waals surface area contributed by atoms with Gasteiger partial charge in [-0.3, -0.25) is 0 Å². The molecule has 0 atom stereocenters. The van der Waals surface area contributed by atoms with Crippen LogP contribution in [0.15, 0.2) is 55.4 Å². The minimum Gasteiger partial charge on any atom is -0.544 e. The fourth-order valence-corrected chi connectivity index (χ4v) is 2.77. The third kappa shape index (κ3) is 4.32. The van der Waals surface area contributed by atoms with Gasteiger partial charge in [-0.25, -0.2) is 0 Å². The maximum Gasteiger partial charge on any atom is 0.281 e. The lowest BCUT2D eigenvalue weighted by Crippen LogP contribution is -2.22. The van der Waals surface area contributed by atoms with Gasteiger partial charge < -0.3 is 18.7 Å². The molecule has 8 heteroatoms. The van der Waals surface area contributed by atoms with Crippen LogP contribution in [0, 0.1) is 0 Å². The Kier molecular flexibility index (Phi) is 5.25. The van der Waals surface area contributed by atoms with Gasteiger partial charge in [0.15, 0.2) is 0 Å². The van der Waals surface area contributed by atoms with Crippen molar-refractivity contribution in [1.29, 1.82) is 0 Å². The molecule has 25 heavy (non-hydrogen) atoms. The summed E-state index contributed by atoms with van der Waals surface area (Å²) >= 11 is 6.68. The van der Waals surface area contributed by atoms with Crippen molar-refractivity contribution in [1.82, 2.24) is 10.2 Å². The predicted octanol–water partition coefficient (Wildman–Crippen LogP) is 3.43. The molecule has 0 radical (unpaired) electrons. The van der Waals surface area contributed by atoms with Crippen molar-refractivity contribution in [2.75, 3.05) is 0 Å². The zero-order valence-corrected chi connectivity index (χ0v) is 14.6. The van der Waals surface area contributed by atoms with Gasteiger partial charge in [0.05, 0.1) is 5.97 Å². The van der Waals surface area contributed by atoms with Gasteiger partial charge in [0.2, 0.25) is 5.89 Å². The van der Waals surface area contributed by atoms with E-state index >= 15 is 0 Å². The molecule has 0 bridgehead atoms. The molecular weight excluding hydrogens is 364 g/mol. The van der Waals surface area contributed by atoms with Crippen molar-refractivity contribution in [2.24, 2.45) is 0 Å². The Morgan fingerprint density at radius 2 is 1.96 bits per heavy atom. The zero-order chi connectivity index (χ0) is 17.8. The van der Waals surface area contributed by atoms with E-state index in [9.17, 15) is 9.90 Å². The number of aromatic nitrogens is 2. The van der Waals surface area contributed by atoms with Gasteiger partial charge in [-0.2, -0.15) is 0 Å². The summed E-state index contributed by atoms with van der Waals surface area (Å²) in [7, 11) is 0. The van der Waals surface area contributed by atoms with Crippen molar-refractivity contribution in [3.8, 4) is 11.3 Å². The van der Waals surface area contributed by atoms with Crippen LogP contribution in [0.4, 0.5) is 0 Å². The molecule has 3 aromatic rings. The van der Waals surface area contributed by atoms with Crippen LogP contribution in [0.5, 0.6) is 0 Å². The lowest BCUT2D eigenvalue weighted by atomic mass is 10.2. The highest BCUT2D eigenvalue weighted by Gasteiger charge is 2.11. The Balaban J connectivity index is 1.83. The molecule has 6 nitrogen and oxygen atoms in total. The molecule has 0 amide bonds. The van der Waals surface area contributed by atoms with Gasteiger partial charge in [0, 0.05) is 21.9 Å². The van der Waals surface area contributed by atoms with Crippen molar-refractivity contribution in [2.45, 2.75) is 18.6 Å². The number of rotatable bonds is 6. The molecule has 0 aliphatic rings. The first kappa shape index (κ1) is 17.3. The lowest BCUT2D eigenvalue weighted by Gasteiger charge is -2.04. The van der Waals surface area contributed by atoms with E-state index in [1.165, 1.54) is 6.08 Å².